The van der Waals surface area contributed by atoms with E-state index in [0.717, 1.165) is 11.1 Å². The van der Waals surface area contributed by atoms with Crippen molar-refractivity contribution < 1.29 is 8.42 Å². The highest BCUT2D eigenvalue weighted by atomic mass is 32.2. The fourth-order valence-electron chi connectivity index (χ4n) is 1.27. The molecule has 0 aromatic heterocycles. The first-order valence-corrected chi connectivity index (χ1v) is 5.69. The fraction of sp³-hybridized carbons (Fsp3) is 0.222. The number of sulfonamides is 1. The Morgan fingerprint density at radius 2 is 1.60 bits per heavy atom. The molecule has 0 atom stereocenters. The molecule has 0 heterocycles. The maximum absolute atomic E-state index is 11.6. The van der Waals surface area contributed by atoms with E-state index in [1.54, 1.807) is 0 Å². The minimum Gasteiger partial charge on any atom is -0.369 e. The Kier molecular flexibility index (Phi) is 2.99. The molecule has 6 heteroatoms. The average molecular weight is 227 g/mol. The Hall–Kier alpha value is -1.56. The van der Waals surface area contributed by atoms with E-state index in [-0.39, 0.29) is 4.90 Å². The van der Waals surface area contributed by atoms with E-state index in [1.807, 2.05) is 19.9 Å². The van der Waals surface area contributed by atoms with E-state index >= 15 is 0 Å². The molecule has 0 saturated heterocycles. The molecule has 0 bridgehead atoms. The molecule has 1 aromatic carbocycles. The molecule has 82 valence electrons. The van der Waals surface area contributed by atoms with E-state index in [4.69, 9.17) is 11.5 Å². The van der Waals surface area contributed by atoms with Crippen LogP contribution in [0.15, 0.2) is 27.5 Å². The highest BCUT2D eigenvalue weighted by Gasteiger charge is 2.13. The minimum atomic E-state index is -3.77. The summed E-state index contributed by atoms with van der Waals surface area (Å²) in [6.07, 6.45) is 0. The lowest BCUT2D eigenvalue weighted by Gasteiger charge is -2.02. The van der Waals surface area contributed by atoms with Gasteiger partial charge in [-0.05, 0) is 37.1 Å². The molecule has 0 aliphatic carbocycles. The van der Waals surface area contributed by atoms with E-state index < -0.39 is 16.0 Å². The lowest BCUT2D eigenvalue weighted by Crippen LogP contribution is -2.24. The molecule has 1 aromatic rings. The normalized spacial score (nSPS) is 11.1. The summed E-state index contributed by atoms with van der Waals surface area (Å²) in [5.74, 6) is -0.464. The molecule has 4 N–H and O–H groups in total. The van der Waals surface area contributed by atoms with Crippen LogP contribution in [0, 0.1) is 13.8 Å². The largest absolute Gasteiger partial charge is 0.369 e. The zero-order valence-electron chi connectivity index (χ0n) is 8.56. The predicted molar refractivity (Wildman–Crippen MR) is 58.9 cm³/mol. The number of nitrogens with zero attached hydrogens (tertiary/aromatic N) is 1. The van der Waals surface area contributed by atoms with Gasteiger partial charge in [0.2, 0.25) is 5.96 Å². The van der Waals surface area contributed by atoms with Gasteiger partial charge in [-0.25, -0.2) is 0 Å². The number of rotatable bonds is 2. The number of hydrogen-bond donors (Lipinski definition) is 2. The van der Waals surface area contributed by atoms with Crippen molar-refractivity contribution in [1.29, 1.82) is 0 Å². The van der Waals surface area contributed by atoms with Gasteiger partial charge in [0.15, 0.2) is 0 Å². The first-order valence-electron chi connectivity index (χ1n) is 4.25. The van der Waals surface area contributed by atoms with Gasteiger partial charge in [-0.1, -0.05) is 6.07 Å². The lowest BCUT2D eigenvalue weighted by molar-refractivity contribution is 0.597. The molecule has 15 heavy (non-hydrogen) atoms. The van der Waals surface area contributed by atoms with Crippen LogP contribution in [-0.4, -0.2) is 14.4 Å². The predicted octanol–water partition coefficient (Wildman–Crippen LogP) is 0.266. The van der Waals surface area contributed by atoms with Crippen molar-refractivity contribution in [3.63, 3.8) is 0 Å². The highest BCUT2D eigenvalue weighted by Crippen LogP contribution is 2.16. The molecule has 0 aliphatic heterocycles. The van der Waals surface area contributed by atoms with Crippen molar-refractivity contribution in [2.45, 2.75) is 18.7 Å². The summed E-state index contributed by atoms with van der Waals surface area (Å²) in [7, 11) is -3.77. The van der Waals surface area contributed by atoms with E-state index in [9.17, 15) is 8.42 Å². The fourth-order valence-corrected chi connectivity index (χ4v) is 2.33. The summed E-state index contributed by atoms with van der Waals surface area (Å²) in [5.41, 5.74) is 11.8. The second kappa shape index (κ2) is 3.90. The molecule has 0 aliphatic rings. The molecular weight excluding hydrogens is 214 g/mol. The quantitative estimate of drug-likeness (QED) is 0.559. The van der Waals surface area contributed by atoms with E-state index in [0.29, 0.717) is 0 Å². The first-order chi connectivity index (χ1) is 6.81. The number of benzene rings is 1. The molecule has 0 spiro atoms. The van der Waals surface area contributed by atoms with Gasteiger partial charge in [0, 0.05) is 0 Å². The summed E-state index contributed by atoms with van der Waals surface area (Å²) in [6.45, 7) is 3.61. The molecular formula is C9H13N3O2S. The molecule has 0 radical (unpaired) electrons. The van der Waals surface area contributed by atoms with Gasteiger partial charge < -0.3 is 11.5 Å². The van der Waals surface area contributed by atoms with Crippen LogP contribution in [0.4, 0.5) is 0 Å². The van der Waals surface area contributed by atoms with Crippen LogP contribution in [0.3, 0.4) is 0 Å². The lowest BCUT2D eigenvalue weighted by atomic mass is 10.2. The molecule has 0 fully saturated rings. The Bertz CT molecular complexity index is 482. The standard InChI is InChI=1S/C9H13N3O2S/c1-6-3-7(2)5-8(4-6)15(13,14)12-9(10)11/h3-5H,1-2H3,(H4,10,11,12). The van der Waals surface area contributed by atoms with Crippen LogP contribution in [0.5, 0.6) is 0 Å². The maximum atomic E-state index is 11.6. The van der Waals surface area contributed by atoms with Crippen molar-refractivity contribution in [2.24, 2.45) is 15.9 Å². The summed E-state index contributed by atoms with van der Waals surface area (Å²) < 4.78 is 26.4. The summed E-state index contributed by atoms with van der Waals surface area (Å²) in [4.78, 5) is 0.105. The first kappa shape index (κ1) is 11.5. The van der Waals surface area contributed by atoms with Crippen molar-refractivity contribution in [3.8, 4) is 0 Å². The van der Waals surface area contributed by atoms with Crippen LogP contribution < -0.4 is 11.5 Å². The number of nitrogens with two attached hydrogens (primary N) is 2. The zero-order chi connectivity index (χ0) is 11.6. The Morgan fingerprint density at radius 1 is 1.13 bits per heavy atom. The second-order valence-corrected chi connectivity index (χ2v) is 4.92. The Balaban J connectivity index is 3.34. The number of aryl methyl sites for hydroxylation is 2. The van der Waals surface area contributed by atoms with Gasteiger partial charge in [-0.2, -0.15) is 8.42 Å². The number of hydrogen-bond acceptors (Lipinski definition) is 2. The monoisotopic (exact) mass is 227 g/mol. The van der Waals surface area contributed by atoms with E-state index in [2.05, 4.69) is 4.40 Å². The summed E-state index contributed by atoms with van der Waals surface area (Å²) in [5, 5.41) is 0. The summed E-state index contributed by atoms with van der Waals surface area (Å²) in [6, 6.07) is 4.91. The highest BCUT2D eigenvalue weighted by molar-refractivity contribution is 7.90. The maximum Gasteiger partial charge on any atom is 0.285 e. The van der Waals surface area contributed by atoms with Crippen LogP contribution in [0.25, 0.3) is 0 Å². The van der Waals surface area contributed by atoms with Crippen LogP contribution >= 0.6 is 0 Å². The zero-order valence-corrected chi connectivity index (χ0v) is 9.38. The van der Waals surface area contributed by atoms with Crippen molar-refractivity contribution in [2.75, 3.05) is 0 Å². The third-order valence-corrected chi connectivity index (χ3v) is 3.00. The molecule has 5 nitrogen and oxygen atoms in total. The van der Waals surface area contributed by atoms with Crippen LogP contribution in [0.1, 0.15) is 11.1 Å². The second-order valence-electron chi connectivity index (χ2n) is 3.31. The third kappa shape index (κ3) is 2.95. The molecule has 1 rings (SSSR count). The van der Waals surface area contributed by atoms with Crippen molar-refractivity contribution in [1.82, 2.24) is 0 Å². The molecule has 0 unspecified atom stereocenters. The summed E-state index contributed by atoms with van der Waals surface area (Å²) >= 11 is 0. The van der Waals surface area contributed by atoms with Gasteiger partial charge in [0.05, 0.1) is 4.90 Å². The third-order valence-electron chi connectivity index (χ3n) is 1.72. The topological polar surface area (TPSA) is 98.5 Å². The molecule has 0 amide bonds. The van der Waals surface area contributed by atoms with Crippen LogP contribution in [0.2, 0.25) is 0 Å². The van der Waals surface area contributed by atoms with Crippen molar-refractivity contribution in [3.05, 3.63) is 29.3 Å². The molecule has 0 saturated carbocycles. The minimum absolute atomic E-state index is 0.105. The van der Waals surface area contributed by atoms with E-state index in [1.165, 1.54) is 12.1 Å². The van der Waals surface area contributed by atoms with Gasteiger partial charge in [0.1, 0.15) is 0 Å². The van der Waals surface area contributed by atoms with Gasteiger partial charge in [-0.3, -0.25) is 0 Å². The van der Waals surface area contributed by atoms with Gasteiger partial charge in [0.25, 0.3) is 10.0 Å². The number of guanidine groups is 1. The van der Waals surface area contributed by atoms with Gasteiger partial charge >= 0.3 is 0 Å². The Morgan fingerprint density at radius 3 is 2.00 bits per heavy atom. The van der Waals surface area contributed by atoms with Crippen LogP contribution in [-0.2, 0) is 10.0 Å². The average Bonchev–Trinajstić information content (AvgIpc) is 1.99. The Labute approximate surface area is 88.9 Å². The van der Waals surface area contributed by atoms with Gasteiger partial charge in [-0.15, -0.1) is 4.40 Å². The van der Waals surface area contributed by atoms with Crippen molar-refractivity contribution >= 4 is 16.0 Å². The SMILES string of the molecule is Cc1cc(C)cc(S(=O)(=O)N=C(N)N)c1. The smallest absolute Gasteiger partial charge is 0.285 e.